The number of hydrogen-bond acceptors (Lipinski definition) is 6. The number of halogens is 2. The van der Waals surface area contributed by atoms with Gasteiger partial charge in [0.2, 0.25) is 0 Å². The highest BCUT2D eigenvalue weighted by Gasteiger charge is 2.53. The first-order valence-electron chi connectivity index (χ1n) is 7.27. The van der Waals surface area contributed by atoms with Crippen molar-refractivity contribution in [2.24, 2.45) is 23.2 Å². The molecule has 0 aliphatic heterocycles. The summed E-state index contributed by atoms with van der Waals surface area (Å²) in [7, 11) is -4.94. The van der Waals surface area contributed by atoms with E-state index >= 15 is 0 Å². The minimum absolute atomic E-state index is 0.0210. The lowest BCUT2D eigenvalue weighted by Crippen LogP contribution is -2.52. The van der Waals surface area contributed by atoms with Gasteiger partial charge in [-0.25, -0.2) is 13.1 Å². The van der Waals surface area contributed by atoms with Crippen LogP contribution in [0.1, 0.15) is 38.5 Å². The van der Waals surface area contributed by atoms with Crippen LogP contribution in [0.5, 0.6) is 0 Å². The van der Waals surface area contributed by atoms with Crippen molar-refractivity contribution in [3.8, 4) is 0 Å². The van der Waals surface area contributed by atoms with Crippen molar-refractivity contribution < 1.29 is 31.8 Å². The number of alkyl halides is 2. The Labute approximate surface area is 132 Å². The van der Waals surface area contributed by atoms with Gasteiger partial charge >= 0.3 is 4.59 Å². The van der Waals surface area contributed by atoms with Gasteiger partial charge in [0.1, 0.15) is 12.0 Å². The molecule has 0 aromatic carbocycles. The molecule has 4 aliphatic rings. The van der Waals surface area contributed by atoms with E-state index in [1.807, 2.05) is 4.72 Å². The highest BCUT2D eigenvalue weighted by atomic mass is 32.3. The fraction of sp³-hybridized carbons (Fsp3) is 1.00. The van der Waals surface area contributed by atoms with Crippen molar-refractivity contribution in [2.45, 2.75) is 43.1 Å². The Balaban J connectivity index is 1.64. The van der Waals surface area contributed by atoms with Gasteiger partial charge in [-0.1, -0.05) is 0 Å². The van der Waals surface area contributed by atoms with Crippen LogP contribution in [0.2, 0.25) is 0 Å². The fourth-order valence-corrected chi connectivity index (χ4v) is 6.33. The lowest BCUT2D eigenvalue weighted by Gasteiger charge is -2.56. The van der Waals surface area contributed by atoms with Crippen LogP contribution in [-0.2, 0) is 19.4 Å². The Morgan fingerprint density at radius 3 is 2.14 bits per heavy atom. The predicted molar refractivity (Wildman–Crippen MR) is 72.2 cm³/mol. The van der Waals surface area contributed by atoms with Crippen molar-refractivity contribution in [3.05, 3.63) is 0 Å². The average Bonchev–Trinajstić information content (AvgIpc) is 2.42. The van der Waals surface area contributed by atoms with Gasteiger partial charge in [-0.3, -0.25) is 5.04 Å². The van der Waals surface area contributed by atoms with E-state index in [0.717, 1.165) is 19.3 Å². The summed E-state index contributed by atoms with van der Waals surface area (Å²) in [5.74, 6) is 1.80. The molecule has 4 rings (SSSR count). The fourth-order valence-electron chi connectivity index (χ4n) is 4.94. The van der Waals surface area contributed by atoms with Crippen LogP contribution in [0.4, 0.5) is 8.78 Å². The smallest absolute Gasteiger partial charge is 0.433 e. The Bertz CT molecular complexity index is 492. The summed E-state index contributed by atoms with van der Waals surface area (Å²) in [5.41, 5.74) is -0.196. The molecule has 0 saturated heterocycles. The molecule has 0 aromatic heterocycles. The van der Waals surface area contributed by atoms with Crippen LogP contribution in [0.3, 0.4) is 0 Å². The zero-order valence-electron chi connectivity index (χ0n) is 11.8. The van der Waals surface area contributed by atoms with Crippen molar-refractivity contribution in [3.63, 3.8) is 0 Å². The van der Waals surface area contributed by atoms with Crippen LogP contribution in [0.15, 0.2) is 0 Å². The summed E-state index contributed by atoms with van der Waals surface area (Å²) in [6, 6.07) is 0. The number of rotatable bonds is 7. The highest BCUT2D eigenvalue weighted by molar-refractivity contribution is 8.10. The van der Waals surface area contributed by atoms with Gasteiger partial charge in [0, 0.05) is 6.54 Å². The molecule has 4 aliphatic carbocycles. The maximum absolute atomic E-state index is 13.5. The third kappa shape index (κ3) is 3.13. The maximum Gasteiger partial charge on any atom is 0.433 e. The molecule has 6 nitrogen and oxygen atoms in total. The lowest BCUT2D eigenvalue weighted by molar-refractivity contribution is -0.777. The van der Waals surface area contributed by atoms with Crippen LogP contribution in [0, 0.1) is 23.2 Å². The van der Waals surface area contributed by atoms with Gasteiger partial charge in [-0.15, -0.1) is 0 Å². The van der Waals surface area contributed by atoms with E-state index in [0.29, 0.717) is 17.8 Å². The second kappa shape index (κ2) is 5.82. The second-order valence-corrected chi connectivity index (χ2v) is 9.81. The Kier molecular flexibility index (Phi) is 4.45. The van der Waals surface area contributed by atoms with Crippen molar-refractivity contribution in [1.29, 1.82) is 0 Å². The maximum atomic E-state index is 13.5. The van der Waals surface area contributed by atoms with E-state index in [-0.39, 0.29) is 12.0 Å². The molecular weight excluding hydrogens is 340 g/mol. The number of sulfonamides is 1. The largest absolute Gasteiger partial charge is 0.691 e. The lowest BCUT2D eigenvalue weighted by atomic mass is 9.50. The van der Waals surface area contributed by atoms with Crippen LogP contribution in [0.25, 0.3) is 0 Å². The number of nitrogens with one attached hydrogen (secondary N) is 1. The van der Waals surface area contributed by atoms with Gasteiger partial charge in [0.15, 0.2) is 0 Å². The van der Waals surface area contributed by atoms with E-state index in [2.05, 4.69) is 9.37 Å². The molecular formula is C12H18F2NO5S2-. The average molecular weight is 358 g/mol. The van der Waals surface area contributed by atoms with Gasteiger partial charge < -0.3 is 5.26 Å². The monoisotopic (exact) mass is 358 g/mol. The molecule has 0 atom stereocenters. The minimum Gasteiger partial charge on any atom is -0.691 e. The van der Waals surface area contributed by atoms with Gasteiger partial charge in [-0.2, -0.15) is 13.1 Å². The molecule has 4 bridgehead atoms. The quantitative estimate of drug-likeness (QED) is 0.422. The van der Waals surface area contributed by atoms with Gasteiger partial charge in [0.05, 0.1) is 0 Å². The Hall–Kier alpha value is -0.0000000000000000971. The predicted octanol–water partition coefficient (Wildman–Crippen LogP) is 1.54. The zero-order valence-corrected chi connectivity index (χ0v) is 13.4. The molecule has 0 heterocycles. The van der Waals surface area contributed by atoms with Crippen molar-refractivity contribution in [1.82, 2.24) is 4.72 Å². The molecule has 0 unspecified atom stereocenters. The summed E-state index contributed by atoms with van der Waals surface area (Å²) in [6.45, 7) is 0.0210. The van der Waals surface area contributed by atoms with E-state index in [4.69, 9.17) is 0 Å². The number of hydrogen-bond donors (Lipinski definition) is 1. The summed E-state index contributed by atoms with van der Waals surface area (Å²) < 4.78 is 51.7. The first-order chi connectivity index (χ1) is 10.3. The van der Waals surface area contributed by atoms with Crippen LogP contribution < -0.4 is 9.98 Å². The van der Waals surface area contributed by atoms with Crippen LogP contribution in [-0.4, -0.2) is 19.5 Å². The molecule has 0 radical (unpaired) electrons. The molecule has 4 fully saturated rings. The SMILES string of the molecule is O=S(=O)(NCC12CC3CC(CC(C3)C1)C2)C(F)(F)SOO[O-]. The van der Waals surface area contributed by atoms with Gasteiger partial charge in [0.25, 0.3) is 10.0 Å². The van der Waals surface area contributed by atoms with E-state index in [1.165, 1.54) is 19.3 Å². The first-order valence-corrected chi connectivity index (χ1v) is 9.49. The molecule has 128 valence electrons. The third-order valence-electron chi connectivity index (χ3n) is 5.27. The van der Waals surface area contributed by atoms with Crippen LogP contribution >= 0.6 is 12.0 Å². The summed E-state index contributed by atoms with van der Waals surface area (Å²) in [4.78, 5) is 0. The van der Waals surface area contributed by atoms with Crippen molar-refractivity contribution in [2.75, 3.05) is 6.54 Å². The van der Waals surface area contributed by atoms with E-state index in [1.54, 1.807) is 0 Å². The molecule has 1 N–H and O–H groups in total. The Morgan fingerprint density at radius 1 is 1.18 bits per heavy atom. The zero-order chi connectivity index (χ0) is 16.0. The molecule has 0 amide bonds. The minimum atomic E-state index is -4.94. The van der Waals surface area contributed by atoms with Gasteiger partial charge in [-0.05, 0) is 61.7 Å². The highest BCUT2D eigenvalue weighted by Crippen LogP contribution is 2.59. The molecule has 10 heteroatoms. The standard InChI is InChI=1S/C12H19F2NO5S2/c13-12(14,21-20-19-16)22(17,18)15-7-11-4-8-1-9(5-11)3-10(2-8)6-11/h8-10,15-16H,1-7H2/p-1. The molecule has 0 aromatic rings. The molecule has 4 saturated carbocycles. The van der Waals surface area contributed by atoms with E-state index < -0.39 is 26.7 Å². The third-order valence-corrected chi connectivity index (χ3v) is 7.60. The first kappa shape index (κ1) is 16.8. The van der Waals surface area contributed by atoms with Crippen molar-refractivity contribution >= 4 is 22.1 Å². The summed E-state index contributed by atoms with van der Waals surface area (Å²) in [6.07, 6.45) is 6.27. The normalized spacial score (nSPS) is 37.7. The summed E-state index contributed by atoms with van der Waals surface area (Å²) >= 11 is -0.816. The van der Waals surface area contributed by atoms with E-state index in [9.17, 15) is 22.5 Å². The topological polar surface area (TPSA) is 87.7 Å². The molecule has 22 heavy (non-hydrogen) atoms. The second-order valence-electron chi connectivity index (χ2n) is 6.92. The molecule has 0 spiro atoms. The summed E-state index contributed by atoms with van der Waals surface area (Å²) in [5, 5.41) is 12.4. The Morgan fingerprint density at radius 2 is 1.68 bits per heavy atom.